The molecule has 0 aliphatic heterocycles. The third kappa shape index (κ3) is 3.34. The second-order valence-electron chi connectivity index (χ2n) is 3.66. The van der Waals surface area contributed by atoms with Crippen LogP contribution in [0.3, 0.4) is 0 Å². The maximum atomic E-state index is 8.83. The van der Waals surface area contributed by atoms with E-state index in [1.165, 1.54) is 6.20 Å². The van der Waals surface area contributed by atoms with Crippen molar-refractivity contribution in [1.82, 2.24) is 0 Å². The summed E-state index contributed by atoms with van der Waals surface area (Å²) in [7, 11) is 1.57. The fraction of sp³-hybridized carbons (Fsp3) is 0.231. The molecule has 1 atom stereocenters. The summed E-state index contributed by atoms with van der Waals surface area (Å²) in [4.78, 5) is 4.38. The smallest absolute Gasteiger partial charge is 0.0992 e. The Hall–Kier alpha value is -2.32. The third-order valence-electron chi connectivity index (χ3n) is 2.44. The predicted molar refractivity (Wildman–Crippen MR) is 71.2 cm³/mol. The van der Waals surface area contributed by atoms with Crippen molar-refractivity contribution in [3.63, 3.8) is 0 Å². The number of ether oxygens (including phenoxy) is 1. The van der Waals surface area contributed by atoms with Crippen LogP contribution in [0.1, 0.15) is 12.5 Å². The van der Waals surface area contributed by atoms with Gasteiger partial charge in [0.05, 0.1) is 34.8 Å². The summed E-state index contributed by atoms with van der Waals surface area (Å²) in [5.74, 6) is 0. The largest absolute Gasteiger partial charge is 0.403 e. The quantitative estimate of drug-likeness (QED) is 0.783. The van der Waals surface area contributed by atoms with Gasteiger partial charge >= 0.3 is 0 Å². The normalized spacial score (nSPS) is 14.1. The van der Waals surface area contributed by atoms with Gasteiger partial charge in [-0.25, -0.2) is 4.99 Å². The Morgan fingerprint density at radius 3 is 2.83 bits per heavy atom. The molecule has 1 aromatic rings. The zero-order valence-corrected chi connectivity index (χ0v) is 10.4. The van der Waals surface area contributed by atoms with Gasteiger partial charge in [-0.1, -0.05) is 6.07 Å². The van der Waals surface area contributed by atoms with E-state index < -0.39 is 0 Å². The zero-order valence-electron chi connectivity index (χ0n) is 10.4. The van der Waals surface area contributed by atoms with E-state index in [-0.39, 0.29) is 6.10 Å². The van der Waals surface area contributed by atoms with Crippen molar-refractivity contribution < 1.29 is 4.74 Å². The van der Waals surface area contributed by atoms with Gasteiger partial charge in [0.2, 0.25) is 0 Å². The second kappa shape index (κ2) is 6.42. The second-order valence-corrected chi connectivity index (χ2v) is 3.66. The third-order valence-corrected chi connectivity index (χ3v) is 2.44. The highest BCUT2D eigenvalue weighted by Crippen LogP contribution is 2.16. The van der Waals surface area contributed by atoms with Gasteiger partial charge in [0.15, 0.2) is 0 Å². The molecule has 0 saturated heterocycles. The highest BCUT2D eigenvalue weighted by Gasteiger charge is 2.12. The Labute approximate surface area is 106 Å². The molecule has 5 heteroatoms. The minimum Gasteiger partial charge on any atom is -0.403 e. The van der Waals surface area contributed by atoms with Gasteiger partial charge in [-0.05, 0) is 25.1 Å². The van der Waals surface area contributed by atoms with Gasteiger partial charge in [-0.15, -0.1) is 0 Å². The summed E-state index contributed by atoms with van der Waals surface area (Å²) < 4.78 is 5.19. The lowest BCUT2D eigenvalue weighted by Gasteiger charge is -2.13. The molecule has 1 rings (SSSR count). The minimum absolute atomic E-state index is 0.282. The fourth-order valence-electron chi connectivity index (χ4n) is 1.37. The Bertz CT molecular complexity index is 514. The van der Waals surface area contributed by atoms with Crippen LogP contribution in [0, 0.1) is 11.3 Å². The van der Waals surface area contributed by atoms with Crippen molar-refractivity contribution in [2.45, 2.75) is 13.0 Å². The van der Waals surface area contributed by atoms with Gasteiger partial charge in [-0.2, -0.15) is 5.26 Å². The first-order valence-electron chi connectivity index (χ1n) is 5.41. The molecular weight excluding hydrogens is 228 g/mol. The van der Waals surface area contributed by atoms with E-state index >= 15 is 0 Å². The van der Waals surface area contributed by atoms with Gasteiger partial charge in [0, 0.05) is 13.3 Å². The van der Waals surface area contributed by atoms with Gasteiger partial charge in [0.25, 0.3) is 0 Å². The zero-order chi connectivity index (χ0) is 13.5. The Morgan fingerprint density at radius 2 is 2.28 bits per heavy atom. The summed E-state index contributed by atoms with van der Waals surface area (Å²) in [5, 5.41) is 8.83. The monoisotopic (exact) mass is 244 g/mol. The molecule has 0 aliphatic carbocycles. The van der Waals surface area contributed by atoms with Crippen LogP contribution in [0.5, 0.6) is 0 Å². The number of nitriles is 1. The van der Waals surface area contributed by atoms with Crippen LogP contribution in [0.15, 0.2) is 41.2 Å². The highest BCUT2D eigenvalue weighted by molar-refractivity contribution is 6.03. The van der Waals surface area contributed by atoms with Crippen LogP contribution in [0.2, 0.25) is 0 Å². The standard InChI is InChI=1S/C13H16N4O/c1-9(18-2)13(12(16)8-15)17-11-5-3-4-10(6-11)7-14/h3-6,8-9H,15-16H2,1-2H3/b12-8+,17-13?/t9-/m0/s1. The van der Waals surface area contributed by atoms with Gasteiger partial charge in [0.1, 0.15) is 0 Å². The number of hydrogen-bond donors (Lipinski definition) is 2. The maximum absolute atomic E-state index is 8.83. The van der Waals surface area contributed by atoms with Crippen LogP contribution >= 0.6 is 0 Å². The van der Waals surface area contributed by atoms with Crippen molar-refractivity contribution >= 4 is 11.4 Å². The Balaban J connectivity index is 3.19. The predicted octanol–water partition coefficient (Wildman–Crippen LogP) is 1.42. The van der Waals surface area contributed by atoms with E-state index in [1.807, 2.05) is 6.92 Å². The topological polar surface area (TPSA) is 97.4 Å². The van der Waals surface area contributed by atoms with E-state index in [0.29, 0.717) is 22.7 Å². The molecule has 0 radical (unpaired) electrons. The van der Waals surface area contributed by atoms with Crippen molar-refractivity contribution in [1.29, 1.82) is 5.26 Å². The average Bonchev–Trinajstić information content (AvgIpc) is 2.43. The number of nitrogens with two attached hydrogens (primary N) is 2. The Morgan fingerprint density at radius 1 is 1.56 bits per heavy atom. The summed E-state index contributed by atoms with van der Waals surface area (Å²) in [6, 6.07) is 8.98. The molecule has 0 heterocycles. The lowest BCUT2D eigenvalue weighted by atomic mass is 10.1. The Kier molecular flexibility index (Phi) is 4.90. The molecule has 0 bridgehead atoms. The van der Waals surface area contributed by atoms with E-state index in [4.69, 9.17) is 21.5 Å². The van der Waals surface area contributed by atoms with Gasteiger partial charge in [-0.3, -0.25) is 0 Å². The molecule has 0 saturated carbocycles. The molecule has 94 valence electrons. The molecule has 0 fully saturated rings. The van der Waals surface area contributed by atoms with E-state index in [2.05, 4.69) is 11.1 Å². The first kappa shape index (κ1) is 13.7. The number of nitrogens with zero attached hydrogens (tertiary/aromatic N) is 2. The average molecular weight is 244 g/mol. The first-order chi connectivity index (χ1) is 8.62. The van der Waals surface area contributed by atoms with Crippen LogP contribution in [-0.2, 0) is 4.74 Å². The molecular formula is C13H16N4O. The molecule has 18 heavy (non-hydrogen) atoms. The lowest BCUT2D eigenvalue weighted by molar-refractivity contribution is 0.171. The number of aliphatic imine (C=N–C) groups is 1. The molecule has 0 aliphatic rings. The SMILES string of the molecule is CO[C@@H](C)C(=Nc1cccc(C#N)c1)/C(N)=C\N. The van der Waals surface area contributed by atoms with Crippen LogP contribution < -0.4 is 11.5 Å². The van der Waals surface area contributed by atoms with E-state index in [1.54, 1.807) is 31.4 Å². The van der Waals surface area contributed by atoms with E-state index in [9.17, 15) is 0 Å². The first-order valence-corrected chi connectivity index (χ1v) is 5.41. The molecule has 1 aromatic carbocycles. The van der Waals surface area contributed by atoms with Crippen molar-refractivity contribution in [3.8, 4) is 6.07 Å². The summed E-state index contributed by atoms with van der Waals surface area (Å²) >= 11 is 0. The van der Waals surface area contributed by atoms with E-state index in [0.717, 1.165) is 0 Å². The lowest BCUT2D eigenvalue weighted by Crippen LogP contribution is -2.26. The molecule has 0 amide bonds. The molecule has 5 nitrogen and oxygen atoms in total. The summed E-state index contributed by atoms with van der Waals surface area (Å²) in [5.41, 5.74) is 13.2. The summed E-state index contributed by atoms with van der Waals surface area (Å²) in [6.07, 6.45) is 0.998. The van der Waals surface area contributed by atoms with Crippen LogP contribution in [0.4, 0.5) is 5.69 Å². The van der Waals surface area contributed by atoms with Gasteiger partial charge < -0.3 is 16.2 Å². The molecule has 4 N–H and O–H groups in total. The number of hydrogen-bond acceptors (Lipinski definition) is 5. The fourth-order valence-corrected chi connectivity index (χ4v) is 1.37. The number of benzene rings is 1. The van der Waals surface area contributed by atoms with Crippen molar-refractivity contribution in [2.75, 3.05) is 7.11 Å². The highest BCUT2D eigenvalue weighted by atomic mass is 16.5. The summed E-state index contributed by atoms with van der Waals surface area (Å²) in [6.45, 7) is 1.82. The minimum atomic E-state index is -0.282. The van der Waals surface area contributed by atoms with Crippen molar-refractivity contribution in [2.24, 2.45) is 16.5 Å². The maximum Gasteiger partial charge on any atom is 0.0992 e. The van der Waals surface area contributed by atoms with Crippen LogP contribution in [0.25, 0.3) is 0 Å². The van der Waals surface area contributed by atoms with Crippen molar-refractivity contribution in [3.05, 3.63) is 41.7 Å². The number of rotatable bonds is 4. The molecule has 0 unspecified atom stereocenters. The molecule has 0 spiro atoms. The van der Waals surface area contributed by atoms with Crippen LogP contribution in [-0.4, -0.2) is 18.9 Å². The molecule has 0 aromatic heterocycles. The number of methoxy groups -OCH3 is 1.